The van der Waals surface area contributed by atoms with E-state index in [1.165, 1.54) is 0 Å². The van der Waals surface area contributed by atoms with Crippen LogP contribution in [0.1, 0.15) is 10.4 Å². The Hall–Kier alpha value is -0.390. The van der Waals surface area contributed by atoms with Gasteiger partial charge in [0.05, 0.1) is 0 Å². The van der Waals surface area contributed by atoms with Gasteiger partial charge in [0.15, 0.2) is 0 Å². The van der Waals surface area contributed by atoms with E-state index in [2.05, 4.69) is 12.6 Å². The van der Waals surface area contributed by atoms with Gasteiger partial charge in [-0.1, -0.05) is 30.0 Å². The minimum atomic E-state index is -0.423. The number of amides is 1. The maximum absolute atomic E-state index is 11.1. The molecular weight excluding hydrogens is 273 g/mol. The Morgan fingerprint density at radius 3 is 2.39 bits per heavy atom. The van der Waals surface area contributed by atoms with Gasteiger partial charge < -0.3 is 5.73 Å². The minimum absolute atomic E-state index is 0. The van der Waals surface area contributed by atoms with E-state index in [0.717, 1.165) is 14.7 Å². The molecule has 0 spiro atoms. The van der Waals surface area contributed by atoms with Gasteiger partial charge in [-0.15, -0.1) is 12.6 Å². The van der Waals surface area contributed by atoms with E-state index in [0.29, 0.717) is 5.56 Å². The molecule has 0 aliphatic rings. The van der Waals surface area contributed by atoms with Gasteiger partial charge >= 0.3 is 0 Å². The number of primary amides is 1. The predicted octanol–water partition coefficient (Wildman–Crippen LogP) is 2.84. The largest absolute Gasteiger partial charge is 0.366 e. The van der Waals surface area contributed by atoms with Crippen molar-refractivity contribution in [3.8, 4) is 0 Å². The van der Waals surface area contributed by atoms with E-state index in [9.17, 15) is 4.79 Å². The van der Waals surface area contributed by atoms with Gasteiger partial charge in [0, 0.05) is 49.8 Å². The van der Waals surface area contributed by atoms with E-state index in [-0.39, 0.29) is 29.6 Å². The van der Waals surface area contributed by atoms with E-state index in [1.807, 2.05) is 30.3 Å². The van der Waals surface area contributed by atoms with Gasteiger partial charge in [0.25, 0.3) is 0 Å². The number of carbonyl (C=O) groups excluding carboxylic acids is 1. The summed E-state index contributed by atoms with van der Waals surface area (Å²) in [4.78, 5) is 14.0. The van der Waals surface area contributed by atoms with E-state index in [1.54, 1.807) is 30.0 Å². The van der Waals surface area contributed by atoms with Crippen molar-refractivity contribution in [3.63, 3.8) is 0 Å². The first kappa shape index (κ1) is 15.7. The van der Waals surface area contributed by atoms with Crippen LogP contribution in [0.4, 0.5) is 0 Å². The van der Waals surface area contributed by atoms with Crippen LogP contribution in [0, 0.1) is 0 Å². The molecule has 5 heteroatoms. The zero-order valence-corrected chi connectivity index (χ0v) is 13.7. The van der Waals surface area contributed by atoms with Crippen molar-refractivity contribution in [3.05, 3.63) is 54.1 Å². The second kappa shape index (κ2) is 7.26. The van der Waals surface area contributed by atoms with Crippen LogP contribution in [0.2, 0.25) is 0 Å². The molecule has 0 unspecified atom stereocenters. The van der Waals surface area contributed by atoms with Gasteiger partial charge in [-0.3, -0.25) is 4.79 Å². The molecule has 0 aromatic heterocycles. The standard InChI is InChI=1S/C13H11NOS2.Na/c14-13(15)9-6-7-11(16)12(8-9)17-10-4-2-1-3-5-10;/h1-8,16H,(H2,14,15);. The predicted molar refractivity (Wildman–Crippen MR) is 78.5 cm³/mol. The third kappa shape index (κ3) is 4.07. The summed E-state index contributed by atoms with van der Waals surface area (Å²) in [6.07, 6.45) is 0. The molecule has 1 radical (unpaired) electrons. The number of thiol groups is 1. The Labute approximate surface area is 138 Å². The van der Waals surface area contributed by atoms with Gasteiger partial charge in [-0.25, -0.2) is 0 Å². The zero-order chi connectivity index (χ0) is 12.3. The molecule has 0 bridgehead atoms. The van der Waals surface area contributed by atoms with Crippen molar-refractivity contribution < 1.29 is 4.79 Å². The van der Waals surface area contributed by atoms with Crippen molar-refractivity contribution in [2.75, 3.05) is 0 Å². The molecule has 0 saturated heterocycles. The Morgan fingerprint density at radius 1 is 1.11 bits per heavy atom. The van der Waals surface area contributed by atoms with Crippen molar-refractivity contribution in [2.24, 2.45) is 5.73 Å². The van der Waals surface area contributed by atoms with Gasteiger partial charge in [-0.05, 0) is 30.3 Å². The molecule has 2 nitrogen and oxygen atoms in total. The number of benzene rings is 2. The van der Waals surface area contributed by atoms with Crippen molar-refractivity contribution >= 4 is 59.9 Å². The molecule has 1 amide bonds. The van der Waals surface area contributed by atoms with E-state index >= 15 is 0 Å². The van der Waals surface area contributed by atoms with Crippen molar-refractivity contribution in [2.45, 2.75) is 14.7 Å². The molecule has 2 rings (SSSR count). The van der Waals surface area contributed by atoms with Crippen molar-refractivity contribution in [1.29, 1.82) is 0 Å². The van der Waals surface area contributed by atoms with E-state index < -0.39 is 5.91 Å². The van der Waals surface area contributed by atoms with E-state index in [4.69, 9.17) is 5.73 Å². The first-order valence-electron chi connectivity index (χ1n) is 5.02. The summed E-state index contributed by atoms with van der Waals surface area (Å²) in [6.45, 7) is 0. The molecule has 2 aromatic rings. The summed E-state index contributed by atoms with van der Waals surface area (Å²) < 4.78 is 0. The van der Waals surface area contributed by atoms with Gasteiger partial charge in [0.1, 0.15) is 0 Å². The minimum Gasteiger partial charge on any atom is -0.366 e. The fourth-order valence-electron chi connectivity index (χ4n) is 1.36. The summed E-state index contributed by atoms with van der Waals surface area (Å²) in [7, 11) is 0. The molecule has 0 atom stereocenters. The summed E-state index contributed by atoms with van der Waals surface area (Å²) in [5.41, 5.74) is 5.75. The summed E-state index contributed by atoms with van der Waals surface area (Å²) in [6, 6.07) is 15.2. The molecule has 0 heterocycles. The molecule has 2 aromatic carbocycles. The van der Waals surface area contributed by atoms with Gasteiger partial charge in [0.2, 0.25) is 5.91 Å². The van der Waals surface area contributed by atoms with Crippen LogP contribution in [0.15, 0.2) is 63.2 Å². The maximum atomic E-state index is 11.1. The van der Waals surface area contributed by atoms with Crippen LogP contribution >= 0.6 is 24.4 Å². The molecule has 0 aliphatic carbocycles. The summed E-state index contributed by atoms with van der Waals surface area (Å²) >= 11 is 5.93. The Bertz CT molecular complexity index is 546. The molecule has 18 heavy (non-hydrogen) atoms. The molecular formula is C13H11NNaOS2. The zero-order valence-electron chi connectivity index (χ0n) is 9.96. The number of hydrogen-bond acceptors (Lipinski definition) is 3. The Balaban J connectivity index is 0.00000162. The quantitative estimate of drug-likeness (QED) is 0.672. The maximum Gasteiger partial charge on any atom is 0.248 e. The third-order valence-corrected chi connectivity index (χ3v) is 3.82. The smallest absolute Gasteiger partial charge is 0.248 e. The normalized spacial score (nSPS) is 9.61. The fraction of sp³-hybridized carbons (Fsp3) is 0. The average molecular weight is 284 g/mol. The number of carbonyl (C=O) groups is 1. The Kier molecular flexibility index (Phi) is 6.32. The Morgan fingerprint density at radius 2 is 1.78 bits per heavy atom. The van der Waals surface area contributed by atoms with Crippen LogP contribution in [-0.4, -0.2) is 35.5 Å². The first-order valence-corrected chi connectivity index (χ1v) is 6.29. The molecule has 0 fully saturated rings. The third-order valence-electron chi connectivity index (χ3n) is 2.22. The average Bonchev–Trinajstić information content (AvgIpc) is 2.33. The molecule has 2 N–H and O–H groups in total. The van der Waals surface area contributed by atoms with Crippen LogP contribution in [-0.2, 0) is 0 Å². The van der Waals surface area contributed by atoms with Crippen LogP contribution < -0.4 is 5.73 Å². The second-order valence-electron chi connectivity index (χ2n) is 3.46. The van der Waals surface area contributed by atoms with Gasteiger partial charge in [-0.2, -0.15) is 0 Å². The number of hydrogen-bond donors (Lipinski definition) is 2. The monoisotopic (exact) mass is 284 g/mol. The van der Waals surface area contributed by atoms with Crippen LogP contribution in [0.5, 0.6) is 0 Å². The molecule has 0 saturated carbocycles. The topological polar surface area (TPSA) is 43.1 Å². The SMILES string of the molecule is NC(=O)c1ccc(S)c(Sc2ccccc2)c1.[Na]. The van der Waals surface area contributed by atoms with Crippen molar-refractivity contribution in [1.82, 2.24) is 0 Å². The molecule has 87 valence electrons. The fourth-order valence-corrected chi connectivity index (χ4v) is 2.55. The molecule has 0 aliphatic heterocycles. The second-order valence-corrected chi connectivity index (χ2v) is 5.06. The summed E-state index contributed by atoms with van der Waals surface area (Å²) in [5, 5.41) is 0. The number of rotatable bonds is 3. The van der Waals surface area contributed by atoms with Crippen LogP contribution in [0.25, 0.3) is 0 Å². The van der Waals surface area contributed by atoms with Crippen LogP contribution in [0.3, 0.4) is 0 Å². The number of nitrogens with two attached hydrogens (primary N) is 1. The summed E-state index contributed by atoms with van der Waals surface area (Å²) in [5.74, 6) is -0.423. The first-order chi connectivity index (χ1) is 8.16.